The number of non-ortho nitro benzene ring substituents is 1. The van der Waals surface area contributed by atoms with Gasteiger partial charge in [-0.1, -0.05) is 30.3 Å². The molecule has 0 aliphatic rings. The second-order valence-electron chi connectivity index (χ2n) is 4.37. The SMILES string of the molecule is O=C(c1ccccc1)c1nc2ccc([N+](=O)[O-])cc2n1O. The highest BCUT2D eigenvalue weighted by Gasteiger charge is 2.20. The molecule has 1 heterocycles. The van der Waals surface area contributed by atoms with E-state index < -0.39 is 10.7 Å². The minimum absolute atomic E-state index is 0.114. The van der Waals surface area contributed by atoms with E-state index in [-0.39, 0.29) is 17.0 Å². The molecule has 0 fully saturated rings. The monoisotopic (exact) mass is 283 g/mol. The first-order chi connectivity index (χ1) is 10.1. The van der Waals surface area contributed by atoms with Gasteiger partial charge < -0.3 is 5.21 Å². The summed E-state index contributed by atoms with van der Waals surface area (Å²) in [4.78, 5) is 26.5. The van der Waals surface area contributed by atoms with Gasteiger partial charge in [-0.05, 0) is 6.07 Å². The van der Waals surface area contributed by atoms with Crippen molar-refractivity contribution in [2.45, 2.75) is 0 Å². The highest BCUT2D eigenvalue weighted by molar-refractivity contribution is 6.08. The highest BCUT2D eigenvalue weighted by Crippen LogP contribution is 2.22. The van der Waals surface area contributed by atoms with Crippen LogP contribution in [0.2, 0.25) is 0 Å². The first-order valence-corrected chi connectivity index (χ1v) is 6.04. The molecule has 1 N–H and O–H groups in total. The fourth-order valence-corrected chi connectivity index (χ4v) is 2.03. The van der Waals surface area contributed by atoms with E-state index in [0.717, 1.165) is 0 Å². The molecule has 7 nitrogen and oxygen atoms in total. The van der Waals surface area contributed by atoms with Crippen LogP contribution in [0.25, 0.3) is 11.0 Å². The molecule has 0 saturated heterocycles. The molecule has 0 atom stereocenters. The van der Waals surface area contributed by atoms with Crippen molar-refractivity contribution >= 4 is 22.5 Å². The predicted octanol–water partition coefficient (Wildman–Crippen LogP) is 2.41. The predicted molar refractivity (Wildman–Crippen MR) is 73.4 cm³/mol. The Kier molecular flexibility index (Phi) is 2.87. The van der Waals surface area contributed by atoms with Gasteiger partial charge in [-0.25, -0.2) is 4.98 Å². The number of nitrogens with zero attached hydrogens (tertiary/aromatic N) is 3. The number of ketones is 1. The van der Waals surface area contributed by atoms with Crippen LogP contribution in [0.15, 0.2) is 48.5 Å². The van der Waals surface area contributed by atoms with Gasteiger partial charge in [0.2, 0.25) is 11.6 Å². The lowest BCUT2D eigenvalue weighted by Crippen LogP contribution is -2.09. The summed E-state index contributed by atoms with van der Waals surface area (Å²) in [6, 6.07) is 12.2. The van der Waals surface area contributed by atoms with Crippen LogP contribution in [0.3, 0.4) is 0 Å². The van der Waals surface area contributed by atoms with Crippen molar-refractivity contribution in [1.82, 2.24) is 9.71 Å². The molecule has 0 amide bonds. The van der Waals surface area contributed by atoms with Gasteiger partial charge in [-0.2, -0.15) is 4.73 Å². The second-order valence-corrected chi connectivity index (χ2v) is 4.37. The van der Waals surface area contributed by atoms with Crippen molar-refractivity contribution in [2.75, 3.05) is 0 Å². The van der Waals surface area contributed by atoms with Crippen molar-refractivity contribution in [3.05, 3.63) is 70.0 Å². The summed E-state index contributed by atoms with van der Waals surface area (Å²) >= 11 is 0. The number of nitro benzene ring substituents is 1. The zero-order valence-corrected chi connectivity index (χ0v) is 10.6. The number of hydrogen-bond donors (Lipinski definition) is 1. The van der Waals surface area contributed by atoms with E-state index in [2.05, 4.69) is 4.98 Å². The van der Waals surface area contributed by atoms with Crippen LogP contribution in [-0.4, -0.2) is 25.6 Å². The summed E-state index contributed by atoms with van der Waals surface area (Å²) in [5, 5.41) is 20.8. The molecule has 3 rings (SSSR count). The average Bonchev–Trinajstić information content (AvgIpc) is 2.84. The molecule has 0 saturated carbocycles. The van der Waals surface area contributed by atoms with Crippen molar-refractivity contribution in [1.29, 1.82) is 0 Å². The highest BCUT2D eigenvalue weighted by atomic mass is 16.6. The fourth-order valence-electron chi connectivity index (χ4n) is 2.03. The maximum Gasteiger partial charge on any atom is 0.271 e. The summed E-state index contributed by atoms with van der Waals surface area (Å²) in [5.74, 6) is -0.645. The number of aromatic nitrogens is 2. The minimum Gasteiger partial charge on any atom is -0.426 e. The molecule has 1 aromatic heterocycles. The number of fused-ring (bicyclic) bond motifs is 1. The fraction of sp³-hybridized carbons (Fsp3) is 0. The van der Waals surface area contributed by atoms with Crippen LogP contribution in [0.4, 0.5) is 5.69 Å². The Morgan fingerprint density at radius 2 is 1.90 bits per heavy atom. The third-order valence-corrected chi connectivity index (χ3v) is 3.06. The summed E-state index contributed by atoms with van der Waals surface area (Å²) in [6.45, 7) is 0. The molecule has 0 spiro atoms. The third kappa shape index (κ3) is 2.10. The lowest BCUT2D eigenvalue weighted by molar-refractivity contribution is -0.384. The molecule has 7 heteroatoms. The van der Waals surface area contributed by atoms with Gasteiger partial charge in [0.05, 0.1) is 10.4 Å². The number of hydrogen-bond acceptors (Lipinski definition) is 5. The third-order valence-electron chi connectivity index (χ3n) is 3.06. The van der Waals surface area contributed by atoms with E-state index in [1.165, 1.54) is 18.2 Å². The van der Waals surface area contributed by atoms with Crippen molar-refractivity contribution < 1.29 is 14.9 Å². The van der Waals surface area contributed by atoms with E-state index in [4.69, 9.17) is 0 Å². The zero-order chi connectivity index (χ0) is 15.0. The van der Waals surface area contributed by atoms with Crippen LogP contribution >= 0.6 is 0 Å². The molecule has 2 aromatic carbocycles. The van der Waals surface area contributed by atoms with Crippen molar-refractivity contribution in [3.63, 3.8) is 0 Å². The molecule has 0 aliphatic carbocycles. The molecule has 0 unspecified atom stereocenters. The Balaban J connectivity index is 2.14. The van der Waals surface area contributed by atoms with Crippen LogP contribution in [0, 0.1) is 10.1 Å². The van der Waals surface area contributed by atoms with E-state index >= 15 is 0 Å². The van der Waals surface area contributed by atoms with E-state index in [0.29, 0.717) is 15.8 Å². The van der Waals surface area contributed by atoms with E-state index in [1.807, 2.05) is 0 Å². The minimum atomic E-state index is -0.578. The largest absolute Gasteiger partial charge is 0.426 e. The smallest absolute Gasteiger partial charge is 0.271 e. The van der Waals surface area contributed by atoms with Gasteiger partial charge in [-0.3, -0.25) is 14.9 Å². The molecule has 0 aliphatic heterocycles. The average molecular weight is 283 g/mol. The van der Waals surface area contributed by atoms with Crippen LogP contribution < -0.4 is 0 Å². The van der Waals surface area contributed by atoms with Gasteiger partial charge in [0, 0.05) is 17.7 Å². The molecular weight excluding hydrogens is 274 g/mol. The Morgan fingerprint density at radius 1 is 1.19 bits per heavy atom. The molecule has 3 aromatic rings. The van der Waals surface area contributed by atoms with Crippen molar-refractivity contribution in [3.8, 4) is 0 Å². The number of benzene rings is 2. The van der Waals surface area contributed by atoms with Crippen LogP contribution in [-0.2, 0) is 0 Å². The number of carbonyl (C=O) groups is 1. The maximum atomic E-state index is 12.3. The molecule has 0 bridgehead atoms. The number of carbonyl (C=O) groups excluding carboxylic acids is 1. The first-order valence-electron chi connectivity index (χ1n) is 6.04. The topological polar surface area (TPSA) is 98.3 Å². The Morgan fingerprint density at radius 3 is 2.57 bits per heavy atom. The zero-order valence-electron chi connectivity index (χ0n) is 10.6. The quantitative estimate of drug-likeness (QED) is 0.344. The Bertz CT molecular complexity index is 855. The summed E-state index contributed by atoms with van der Waals surface area (Å²) in [5.41, 5.74) is 0.611. The summed E-state index contributed by atoms with van der Waals surface area (Å²) in [6.07, 6.45) is 0. The summed E-state index contributed by atoms with van der Waals surface area (Å²) in [7, 11) is 0. The Labute approximate surface area is 118 Å². The lowest BCUT2D eigenvalue weighted by atomic mass is 10.1. The van der Waals surface area contributed by atoms with Gasteiger partial charge >= 0.3 is 0 Å². The molecular formula is C14H9N3O4. The lowest BCUT2D eigenvalue weighted by Gasteiger charge is -2.00. The summed E-state index contributed by atoms with van der Waals surface area (Å²) < 4.78 is 0.581. The van der Waals surface area contributed by atoms with E-state index in [1.54, 1.807) is 30.3 Å². The van der Waals surface area contributed by atoms with Crippen LogP contribution in [0.1, 0.15) is 16.2 Å². The normalized spacial score (nSPS) is 10.7. The van der Waals surface area contributed by atoms with Gasteiger partial charge in [0.1, 0.15) is 5.52 Å². The van der Waals surface area contributed by atoms with Gasteiger partial charge in [0.25, 0.3) is 5.69 Å². The van der Waals surface area contributed by atoms with Gasteiger partial charge in [0.15, 0.2) is 0 Å². The maximum absolute atomic E-state index is 12.3. The molecule has 0 radical (unpaired) electrons. The molecule has 104 valence electrons. The van der Waals surface area contributed by atoms with Crippen LogP contribution in [0.5, 0.6) is 0 Å². The molecule has 21 heavy (non-hydrogen) atoms. The number of imidazole rings is 1. The number of nitro groups is 1. The first kappa shape index (κ1) is 12.8. The second kappa shape index (κ2) is 4.71. The van der Waals surface area contributed by atoms with Crippen molar-refractivity contribution in [2.24, 2.45) is 0 Å². The standard InChI is InChI=1S/C14H9N3O4/c18-13(9-4-2-1-3-5-9)14-15-11-7-6-10(17(20)21)8-12(11)16(14)19/h1-8,19H. The van der Waals surface area contributed by atoms with Gasteiger partial charge in [-0.15, -0.1) is 0 Å². The van der Waals surface area contributed by atoms with E-state index in [9.17, 15) is 20.1 Å². The number of rotatable bonds is 3. The Hall–Kier alpha value is -3.22.